The highest BCUT2D eigenvalue weighted by atomic mass is 16.3. The topological polar surface area (TPSA) is 88.5 Å². The minimum absolute atomic E-state index is 0.0712. The SMILES string of the molecule is NCc1cccc(-c2cncc(N3CCN(C(=O)c4ccco4)CC3)n2)c1. The minimum Gasteiger partial charge on any atom is -0.459 e. The number of furan rings is 1. The van der Waals surface area contributed by atoms with Crippen molar-refractivity contribution in [3.63, 3.8) is 0 Å². The molecule has 7 nitrogen and oxygen atoms in total. The molecule has 4 rings (SSSR count). The van der Waals surface area contributed by atoms with E-state index >= 15 is 0 Å². The van der Waals surface area contributed by atoms with Gasteiger partial charge in [0.2, 0.25) is 0 Å². The minimum atomic E-state index is -0.0712. The van der Waals surface area contributed by atoms with E-state index in [0.29, 0.717) is 38.5 Å². The van der Waals surface area contributed by atoms with Crippen LogP contribution in [0.5, 0.6) is 0 Å². The Kier molecular flexibility index (Phi) is 4.84. The number of nitrogens with zero attached hydrogens (tertiary/aromatic N) is 4. The number of aromatic nitrogens is 2. The molecule has 1 aliphatic heterocycles. The van der Waals surface area contributed by atoms with Gasteiger partial charge in [-0.3, -0.25) is 9.78 Å². The molecule has 7 heteroatoms. The van der Waals surface area contributed by atoms with Crippen LogP contribution in [0.15, 0.2) is 59.5 Å². The number of piperazine rings is 1. The van der Waals surface area contributed by atoms with Crippen LogP contribution in [-0.4, -0.2) is 47.0 Å². The second-order valence-electron chi connectivity index (χ2n) is 6.42. The first-order valence-corrected chi connectivity index (χ1v) is 8.94. The van der Waals surface area contributed by atoms with Crippen LogP contribution >= 0.6 is 0 Å². The fraction of sp³-hybridized carbons (Fsp3) is 0.250. The molecular formula is C20H21N5O2. The van der Waals surface area contributed by atoms with Gasteiger partial charge in [0.05, 0.1) is 24.4 Å². The summed E-state index contributed by atoms with van der Waals surface area (Å²) < 4.78 is 5.21. The van der Waals surface area contributed by atoms with E-state index in [1.54, 1.807) is 29.4 Å². The first-order valence-electron chi connectivity index (χ1n) is 8.94. The summed E-state index contributed by atoms with van der Waals surface area (Å²) in [7, 11) is 0. The van der Waals surface area contributed by atoms with E-state index in [2.05, 4.69) is 9.88 Å². The van der Waals surface area contributed by atoms with E-state index in [-0.39, 0.29) is 5.91 Å². The zero-order chi connectivity index (χ0) is 18.6. The first kappa shape index (κ1) is 17.2. The number of amides is 1. The Morgan fingerprint density at radius 1 is 1.11 bits per heavy atom. The van der Waals surface area contributed by atoms with Gasteiger partial charge in [0.1, 0.15) is 5.82 Å². The van der Waals surface area contributed by atoms with Gasteiger partial charge < -0.3 is 20.0 Å². The second-order valence-corrected chi connectivity index (χ2v) is 6.42. The van der Waals surface area contributed by atoms with Gasteiger partial charge in [-0.25, -0.2) is 4.98 Å². The molecule has 0 radical (unpaired) electrons. The molecule has 3 aromatic rings. The summed E-state index contributed by atoms with van der Waals surface area (Å²) in [5, 5.41) is 0. The Morgan fingerprint density at radius 3 is 2.70 bits per heavy atom. The zero-order valence-corrected chi connectivity index (χ0v) is 14.9. The van der Waals surface area contributed by atoms with Crippen molar-refractivity contribution in [3.05, 3.63) is 66.4 Å². The predicted octanol–water partition coefficient (Wildman–Crippen LogP) is 2.16. The second kappa shape index (κ2) is 7.59. The maximum absolute atomic E-state index is 12.4. The number of hydrogen-bond acceptors (Lipinski definition) is 6. The van der Waals surface area contributed by atoms with Gasteiger partial charge in [-0.05, 0) is 23.8 Å². The molecule has 0 saturated carbocycles. The molecule has 0 aliphatic carbocycles. The third-order valence-electron chi connectivity index (χ3n) is 4.70. The van der Waals surface area contributed by atoms with E-state index in [1.807, 2.05) is 24.3 Å². The first-order chi connectivity index (χ1) is 13.2. The van der Waals surface area contributed by atoms with Gasteiger partial charge in [0, 0.05) is 38.3 Å². The van der Waals surface area contributed by atoms with Crippen molar-refractivity contribution >= 4 is 11.7 Å². The van der Waals surface area contributed by atoms with Crippen molar-refractivity contribution in [2.45, 2.75) is 6.54 Å². The average Bonchev–Trinajstić information content (AvgIpc) is 3.28. The lowest BCUT2D eigenvalue weighted by atomic mass is 10.1. The van der Waals surface area contributed by atoms with Gasteiger partial charge in [0.15, 0.2) is 5.76 Å². The number of anilines is 1. The Bertz CT molecular complexity index is 918. The lowest BCUT2D eigenvalue weighted by molar-refractivity contribution is 0.0714. The van der Waals surface area contributed by atoms with Crippen molar-refractivity contribution < 1.29 is 9.21 Å². The summed E-state index contributed by atoms with van der Waals surface area (Å²) in [4.78, 5) is 25.4. The summed E-state index contributed by atoms with van der Waals surface area (Å²) in [5.41, 5.74) is 8.61. The normalized spacial score (nSPS) is 14.4. The number of rotatable bonds is 4. The van der Waals surface area contributed by atoms with E-state index in [0.717, 1.165) is 22.6 Å². The summed E-state index contributed by atoms with van der Waals surface area (Å²) >= 11 is 0. The van der Waals surface area contributed by atoms with Crippen molar-refractivity contribution in [2.75, 3.05) is 31.1 Å². The van der Waals surface area contributed by atoms with Crippen LogP contribution in [0.4, 0.5) is 5.82 Å². The largest absolute Gasteiger partial charge is 0.459 e. The van der Waals surface area contributed by atoms with Crippen LogP contribution < -0.4 is 10.6 Å². The van der Waals surface area contributed by atoms with E-state index in [4.69, 9.17) is 15.1 Å². The van der Waals surface area contributed by atoms with Gasteiger partial charge in [-0.15, -0.1) is 0 Å². The molecule has 1 aromatic carbocycles. The Hall–Kier alpha value is -3.19. The van der Waals surface area contributed by atoms with Crippen LogP contribution in [0.3, 0.4) is 0 Å². The van der Waals surface area contributed by atoms with Crippen LogP contribution in [0.2, 0.25) is 0 Å². The van der Waals surface area contributed by atoms with Gasteiger partial charge in [-0.2, -0.15) is 0 Å². The monoisotopic (exact) mass is 363 g/mol. The molecule has 1 saturated heterocycles. The average molecular weight is 363 g/mol. The molecule has 27 heavy (non-hydrogen) atoms. The molecule has 2 N–H and O–H groups in total. The van der Waals surface area contributed by atoms with Crippen molar-refractivity contribution in [3.8, 4) is 11.3 Å². The molecule has 1 aliphatic rings. The third kappa shape index (κ3) is 3.68. The third-order valence-corrected chi connectivity index (χ3v) is 4.70. The lowest BCUT2D eigenvalue weighted by Crippen LogP contribution is -2.49. The Balaban J connectivity index is 1.46. The predicted molar refractivity (Wildman–Crippen MR) is 102 cm³/mol. The summed E-state index contributed by atoms with van der Waals surface area (Å²) in [5.74, 6) is 1.12. The van der Waals surface area contributed by atoms with Crippen LogP contribution in [-0.2, 0) is 6.54 Å². The number of benzene rings is 1. The van der Waals surface area contributed by atoms with Gasteiger partial charge in [-0.1, -0.05) is 18.2 Å². The van der Waals surface area contributed by atoms with Gasteiger partial charge >= 0.3 is 0 Å². The van der Waals surface area contributed by atoms with E-state index in [1.165, 1.54) is 6.26 Å². The van der Waals surface area contributed by atoms with Crippen LogP contribution in [0, 0.1) is 0 Å². The molecule has 0 unspecified atom stereocenters. The summed E-state index contributed by atoms with van der Waals surface area (Å²) in [6, 6.07) is 11.4. The fourth-order valence-electron chi connectivity index (χ4n) is 3.20. The van der Waals surface area contributed by atoms with E-state index < -0.39 is 0 Å². The maximum atomic E-state index is 12.4. The zero-order valence-electron chi connectivity index (χ0n) is 14.9. The van der Waals surface area contributed by atoms with Crippen molar-refractivity contribution in [1.29, 1.82) is 0 Å². The summed E-state index contributed by atoms with van der Waals surface area (Å²) in [6.45, 7) is 3.13. The highest BCUT2D eigenvalue weighted by Gasteiger charge is 2.24. The number of carbonyl (C=O) groups is 1. The van der Waals surface area contributed by atoms with E-state index in [9.17, 15) is 4.79 Å². The molecule has 2 aromatic heterocycles. The van der Waals surface area contributed by atoms with Crippen LogP contribution in [0.25, 0.3) is 11.3 Å². The lowest BCUT2D eigenvalue weighted by Gasteiger charge is -2.34. The highest BCUT2D eigenvalue weighted by molar-refractivity contribution is 5.91. The highest BCUT2D eigenvalue weighted by Crippen LogP contribution is 2.21. The maximum Gasteiger partial charge on any atom is 0.289 e. The van der Waals surface area contributed by atoms with Crippen molar-refractivity contribution in [2.24, 2.45) is 5.73 Å². The molecular weight excluding hydrogens is 342 g/mol. The number of hydrogen-bond donors (Lipinski definition) is 1. The molecule has 0 bridgehead atoms. The molecule has 1 amide bonds. The fourth-order valence-corrected chi connectivity index (χ4v) is 3.20. The van der Waals surface area contributed by atoms with Gasteiger partial charge in [0.25, 0.3) is 5.91 Å². The number of nitrogens with two attached hydrogens (primary N) is 1. The summed E-state index contributed by atoms with van der Waals surface area (Å²) in [6.07, 6.45) is 5.04. The standard InChI is InChI=1S/C20H21N5O2/c21-12-15-3-1-4-16(11-15)17-13-22-14-19(23-17)24-6-8-25(9-7-24)20(26)18-5-2-10-27-18/h1-5,10-11,13-14H,6-9,12,21H2. The molecule has 3 heterocycles. The molecule has 0 spiro atoms. The Labute approximate surface area is 157 Å². The molecule has 138 valence electrons. The quantitative estimate of drug-likeness (QED) is 0.764. The van der Waals surface area contributed by atoms with Crippen molar-refractivity contribution in [1.82, 2.24) is 14.9 Å². The number of carbonyl (C=O) groups excluding carboxylic acids is 1. The molecule has 0 atom stereocenters. The Morgan fingerprint density at radius 2 is 1.96 bits per heavy atom. The van der Waals surface area contributed by atoms with Crippen LogP contribution in [0.1, 0.15) is 16.1 Å². The molecule has 1 fully saturated rings. The smallest absolute Gasteiger partial charge is 0.289 e.